The predicted molar refractivity (Wildman–Crippen MR) is 99.9 cm³/mol. The number of carbonyl (C=O) groups excluding carboxylic acids is 1. The van der Waals surface area contributed by atoms with Crippen molar-refractivity contribution in [3.8, 4) is 11.1 Å². The average molecular weight is 384 g/mol. The molecule has 3 rings (SSSR count). The third-order valence-corrected chi connectivity index (χ3v) is 4.35. The number of amides is 1. The van der Waals surface area contributed by atoms with Crippen molar-refractivity contribution in [2.75, 3.05) is 5.32 Å². The highest BCUT2D eigenvalue weighted by atomic mass is 79.9. The number of rotatable bonds is 5. The molecule has 0 aliphatic carbocycles. The Bertz CT molecular complexity index is 826. The van der Waals surface area contributed by atoms with Gasteiger partial charge in [0.05, 0.1) is 0 Å². The number of benzene rings is 2. The first-order valence-electron chi connectivity index (χ1n) is 7.78. The number of halogens is 1. The Balaban J connectivity index is 1.71. The molecule has 2 N–H and O–H groups in total. The number of aromatic nitrogens is 2. The second kappa shape index (κ2) is 7.45. The average Bonchev–Trinajstić information content (AvgIpc) is 2.95. The summed E-state index contributed by atoms with van der Waals surface area (Å²) in [5.74, 6) is 0.539. The molecule has 4 nitrogen and oxygen atoms in total. The van der Waals surface area contributed by atoms with E-state index in [0.29, 0.717) is 18.7 Å². The number of hydrogen-bond acceptors (Lipinski definition) is 2. The molecule has 0 saturated heterocycles. The zero-order valence-electron chi connectivity index (χ0n) is 13.3. The van der Waals surface area contributed by atoms with Crippen LogP contribution in [0.15, 0.2) is 59.1 Å². The number of H-pyrrole nitrogens is 1. The van der Waals surface area contributed by atoms with Crippen LogP contribution in [-0.4, -0.2) is 16.1 Å². The number of carbonyl (C=O) groups is 1. The Labute approximate surface area is 149 Å². The summed E-state index contributed by atoms with van der Waals surface area (Å²) in [4.78, 5) is 12.3. The minimum atomic E-state index is -0.0382. The number of nitrogens with zero attached hydrogens (tertiary/aromatic N) is 1. The monoisotopic (exact) mass is 383 g/mol. The summed E-state index contributed by atoms with van der Waals surface area (Å²) in [6, 6.07) is 17.9. The van der Waals surface area contributed by atoms with Crippen LogP contribution >= 0.6 is 15.9 Å². The second-order valence-corrected chi connectivity index (χ2v) is 6.53. The summed E-state index contributed by atoms with van der Waals surface area (Å²) in [7, 11) is 0. The number of anilines is 1. The molecular formula is C19H18BrN3O. The SMILES string of the molecule is Cc1[nH]nc(NC(=O)CCc2ccccc2)c1-c1ccc(Br)cc1. The number of nitrogens with one attached hydrogen (secondary N) is 2. The summed E-state index contributed by atoms with van der Waals surface area (Å²) in [6.45, 7) is 1.95. The fourth-order valence-electron chi connectivity index (χ4n) is 2.59. The molecule has 0 atom stereocenters. The van der Waals surface area contributed by atoms with Crippen LogP contribution < -0.4 is 5.32 Å². The first-order chi connectivity index (χ1) is 11.6. The van der Waals surface area contributed by atoms with E-state index >= 15 is 0 Å². The topological polar surface area (TPSA) is 57.8 Å². The van der Waals surface area contributed by atoms with Gasteiger partial charge < -0.3 is 5.32 Å². The molecule has 24 heavy (non-hydrogen) atoms. The Kier molecular flexibility index (Phi) is 5.11. The molecule has 0 aliphatic heterocycles. The van der Waals surface area contributed by atoms with Crippen LogP contribution in [0.1, 0.15) is 17.7 Å². The predicted octanol–water partition coefficient (Wildman–Crippen LogP) is 4.72. The highest BCUT2D eigenvalue weighted by Gasteiger charge is 2.14. The summed E-state index contributed by atoms with van der Waals surface area (Å²) in [5, 5.41) is 10.1. The minimum absolute atomic E-state index is 0.0382. The van der Waals surface area contributed by atoms with Crippen LogP contribution in [0.5, 0.6) is 0 Å². The van der Waals surface area contributed by atoms with Gasteiger partial charge in [0, 0.05) is 22.2 Å². The molecule has 1 heterocycles. The number of aromatic amines is 1. The van der Waals surface area contributed by atoms with Crippen LogP contribution in [0.2, 0.25) is 0 Å². The lowest BCUT2D eigenvalue weighted by molar-refractivity contribution is -0.116. The van der Waals surface area contributed by atoms with Gasteiger partial charge in [0.25, 0.3) is 0 Å². The van der Waals surface area contributed by atoms with E-state index in [0.717, 1.165) is 26.9 Å². The molecule has 1 aromatic heterocycles. The van der Waals surface area contributed by atoms with Crippen LogP contribution in [0.3, 0.4) is 0 Å². The van der Waals surface area contributed by atoms with Gasteiger partial charge in [-0.15, -0.1) is 0 Å². The van der Waals surface area contributed by atoms with Crippen molar-refractivity contribution in [3.63, 3.8) is 0 Å². The first-order valence-corrected chi connectivity index (χ1v) is 8.57. The maximum atomic E-state index is 12.3. The summed E-state index contributed by atoms with van der Waals surface area (Å²) < 4.78 is 1.01. The van der Waals surface area contributed by atoms with Crippen molar-refractivity contribution in [3.05, 3.63) is 70.3 Å². The van der Waals surface area contributed by atoms with Gasteiger partial charge in [0.2, 0.25) is 5.91 Å². The summed E-state index contributed by atoms with van der Waals surface area (Å²) >= 11 is 3.44. The van der Waals surface area contributed by atoms with Gasteiger partial charge in [-0.2, -0.15) is 5.10 Å². The van der Waals surface area contributed by atoms with E-state index in [1.165, 1.54) is 0 Å². The highest BCUT2D eigenvalue weighted by molar-refractivity contribution is 9.10. The molecule has 0 saturated carbocycles. The molecule has 1 amide bonds. The van der Waals surface area contributed by atoms with Gasteiger partial charge in [-0.1, -0.05) is 58.4 Å². The van der Waals surface area contributed by atoms with E-state index in [4.69, 9.17) is 0 Å². The maximum Gasteiger partial charge on any atom is 0.225 e. The molecule has 0 unspecified atom stereocenters. The molecule has 122 valence electrons. The Hall–Kier alpha value is -2.40. The van der Waals surface area contributed by atoms with Crippen molar-refractivity contribution in [2.45, 2.75) is 19.8 Å². The van der Waals surface area contributed by atoms with Gasteiger partial charge >= 0.3 is 0 Å². The largest absolute Gasteiger partial charge is 0.309 e. The quantitative estimate of drug-likeness (QED) is 0.669. The molecule has 0 radical (unpaired) electrons. The first kappa shape index (κ1) is 16.5. The molecule has 2 aromatic carbocycles. The fourth-order valence-corrected chi connectivity index (χ4v) is 2.85. The zero-order valence-corrected chi connectivity index (χ0v) is 14.9. The van der Waals surface area contributed by atoms with Crippen molar-refractivity contribution >= 4 is 27.7 Å². The lowest BCUT2D eigenvalue weighted by Crippen LogP contribution is -2.13. The molecule has 3 aromatic rings. The van der Waals surface area contributed by atoms with Crippen LogP contribution in [0.4, 0.5) is 5.82 Å². The van der Waals surface area contributed by atoms with Gasteiger partial charge in [-0.3, -0.25) is 9.89 Å². The van der Waals surface area contributed by atoms with E-state index in [1.807, 2.05) is 61.5 Å². The minimum Gasteiger partial charge on any atom is -0.309 e. The Morgan fingerprint density at radius 3 is 2.54 bits per heavy atom. The second-order valence-electron chi connectivity index (χ2n) is 5.61. The van der Waals surface area contributed by atoms with Crippen LogP contribution in [-0.2, 0) is 11.2 Å². The van der Waals surface area contributed by atoms with Crippen molar-refractivity contribution in [2.24, 2.45) is 0 Å². The van der Waals surface area contributed by atoms with E-state index in [2.05, 4.69) is 31.4 Å². The van der Waals surface area contributed by atoms with E-state index < -0.39 is 0 Å². The smallest absolute Gasteiger partial charge is 0.225 e. The van der Waals surface area contributed by atoms with Crippen molar-refractivity contribution < 1.29 is 4.79 Å². The third-order valence-electron chi connectivity index (χ3n) is 3.82. The molecule has 0 aliphatic rings. The molecular weight excluding hydrogens is 366 g/mol. The van der Waals surface area contributed by atoms with Gasteiger partial charge in [0.1, 0.15) is 0 Å². The standard InChI is InChI=1S/C19H18BrN3O/c1-13-18(15-8-10-16(20)11-9-15)19(23-22-13)21-17(24)12-7-14-5-3-2-4-6-14/h2-6,8-11H,7,12H2,1H3,(H2,21,22,23,24). The zero-order chi connectivity index (χ0) is 16.9. The Morgan fingerprint density at radius 2 is 1.83 bits per heavy atom. The third kappa shape index (κ3) is 3.92. The molecule has 0 spiro atoms. The van der Waals surface area contributed by atoms with Crippen molar-refractivity contribution in [1.29, 1.82) is 0 Å². The van der Waals surface area contributed by atoms with Crippen LogP contribution in [0, 0.1) is 6.92 Å². The van der Waals surface area contributed by atoms with Gasteiger partial charge in [0.15, 0.2) is 5.82 Å². The lowest BCUT2D eigenvalue weighted by Gasteiger charge is -2.07. The highest BCUT2D eigenvalue weighted by Crippen LogP contribution is 2.30. The van der Waals surface area contributed by atoms with Gasteiger partial charge in [-0.05, 0) is 36.6 Å². The maximum absolute atomic E-state index is 12.3. The molecule has 5 heteroatoms. The van der Waals surface area contributed by atoms with E-state index in [9.17, 15) is 4.79 Å². The number of aryl methyl sites for hydroxylation is 2. The fraction of sp³-hybridized carbons (Fsp3) is 0.158. The van der Waals surface area contributed by atoms with Crippen molar-refractivity contribution in [1.82, 2.24) is 10.2 Å². The lowest BCUT2D eigenvalue weighted by atomic mass is 10.1. The van der Waals surface area contributed by atoms with Crippen LogP contribution in [0.25, 0.3) is 11.1 Å². The molecule has 0 bridgehead atoms. The summed E-state index contributed by atoms with van der Waals surface area (Å²) in [6.07, 6.45) is 1.14. The Morgan fingerprint density at radius 1 is 1.12 bits per heavy atom. The summed E-state index contributed by atoms with van der Waals surface area (Å²) in [5.41, 5.74) is 4.02. The van der Waals surface area contributed by atoms with E-state index in [1.54, 1.807) is 0 Å². The number of hydrogen-bond donors (Lipinski definition) is 2. The molecule has 0 fully saturated rings. The van der Waals surface area contributed by atoms with E-state index in [-0.39, 0.29) is 5.91 Å². The van der Waals surface area contributed by atoms with Gasteiger partial charge in [-0.25, -0.2) is 0 Å². The normalized spacial score (nSPS) is 10.6.